The van der Waals surface area contributed by atoms with Crippen molar-refractivity contribution >= 4 is 23.4 Å². The molecule has 1 aromatic carbocycles. The highest BCUT2D eigenvalue weighted by Crippen LogP contribution is 2.56. The number of hydrogen-bond acceptors (Lipinski definition) is 3. The fraction of sp³-hybridized carbons (Fsp3) is 0.550. The molecule has 5 nitrogen and oxygen atoms in total. The van der Waals surface area contributed by atoms with Gasteiger partial charge in [0.05, 0.1) is 11.8 Å². The molecular weight excluding hydrogens is 316 g/mol. The zero-order valence-electron chi connectivity index (χ0n) is 14.9. The summed E-state index contributed by atoms with van der Waals surface area (Å²) in [5.74, 6) is -0.253. The lowest BCUT2D eigenvalue weighted by atomic mass is 9.81. The summed E-state index contributed by atoms with van der Waals surface area (Å²) in [5, 5.41) is 2.85. The molecule has 1 aliphatic heterocycles. The maximum absolute atomic E-state index is 12.8. The maximum Gasteiger partial charge on any atom is 0.247 e. The van der Waals surface area contributed by atoms with Crippen LogP contribution in [-0.4, -0.2) is 28.7 Å². The highest BCUT2D eigenvalue weighted by atomic mass is 16.2. The van der Waals surface area contributed by atoms with E-state index in [1.165, 1.54) is 4.90 Å². The fourth-order valence-corrected chi connectivity index (χ4v) is 5.00. The molecule has 0 unspecified atom stereocenters. The van der Waals surface area contributed by atoms with Crippen molar-refractivity contribution in [3.63, 3.8) is 0 Å². The molecular formula is C20H24N2O3. The molecule has 0 spiro atoms. The molecule has 132 valence electrons. The smallest absolute Gasteiger partial charge is 0.247 e. The molecule has 2 aliphatic carbocycles. The number of hydrogen-bond donors (Lipinski definition) is 1. The molecule has 25 heavy (non-hydrogen) atoms. The van der Waals surface area contributed by atoms with Crippen molar-refractivity contribution in [3.05, 3.63) is 29.3 Å². The Kier molecular flexibility index (Phi) is 3.71. The van der Waals surface area contributed by atoms with Crippen LogP contribution < -0.4 is 5.32 Å². The standard InChI is InChI=1S/C20H24N2O3/c1-10-4-7-15(8-11(10)2)21-18(23)12(3)22-19(24)16-13-5-6-14(9-13)17(16)20(22)25/h4,7-8,12-14,16-17H,5-6,9H2,1-3H3,(H,21,23)/t12-,13+,14+,16+,17+/m1/s1. The number of nitrogens with zero attached hydrogens (tertiary/aromatic N) is 1. The van der Waals surface area contributed by atoms with E-state index in [2.05, 4.69) is 5.32 Å². The molecule has 3 amide bonds. The van der Waals surface area contributed by atoms with E-state index in [1.807, 2.05) is 32.0 Å². The second-order valence-electron chi connectivity index (χ2n) is 7.90. The SMILES string of the molecule is Cc1ccc(NC(=O)[C@@H](C)N2C(=O)[C@H]3[C@H]4CC[C@@H](C4)[C@@H]3C2=O)cc1C. The van der Waals surface area contributed by atoms with Gasteiger partial charge in [0.2, 0.25) is 17.7 Å². The number of benzene rings is 1. The Morgan fingerprint density at radius 3 is 2.24 bits per heavy atom. The molecule has 5 atom stereocenters. The Bertz CT molecular complexity index is 744. The van der Waals surface area contributed by atoms with Gasteiger partial charge in [-0.15, -0.1) is 0 Å². The number of carbonyl (C=O) groups is 3. The highest BCUT2D eigenvalue weighted by Gasteiger charge is 2.62. The lowest BCUT2D eigenvalue weighted by molar-refractivity contribution is -0.146. The summed E-state index contributed by atoms with van der Waals surface area (Å²) in [4.78, 5) is 39.5. The Hall–Kier alpha value is -2.17. The summed E-state index contributed by atoms with van der Waals surface area (Å²) in [5.41, 5.74) is 2.93. The second-order valence-corrected chi connectivity index (χ2v) is 7.90. The maximum atomic E-state index is 12.8. The molecule has 2 saturated carbocycles. The molecule has 0 radical (unpaired) electrons. The second kappa shape index (κ2) is 5.68. The van der Waals surface area contributed by atoms with Crippen molar-refractivity contribution in [2.75, 3.05) is 5.32 Å². The van der Waals surface area contributed by atoms with E-state index in [4.69, 9.17) is 0 Å². The van der Waals surface area contributed by atoms with Gasteiger partial charge in [-0.25, -0.2) is 0 Å². The molecule has 5 heteroatoms. The van der Waals surface area contributed by atoms with Crippen LogP contribution in [-0.2, 0) is 14.4 Å². The summed E-state index contributed by atoms with van der Waals surface area (Å²) in [6, 6.07) is 4.92. The van der Waals surface area contributed by atoms with E-state index in [-0.39, 0.29) is 29.6 Å². The van der Waals surface area contributed by atoms with Crippen molar-refractivity contribution in [1.82, 2.24) is 4.90 Å². The van der Waals surface area contributed by atoms with Gasteiger partial charge in [0.25, 0.3) is 0 Å². The third-order valence-electron chi connectivity index (χ3n) is 6.50. The van der Waals surface area contributed by atoms with E-state index in [0.717, 1.165) is 30.4 Å². The van der Waals surface area contributed by atoms with Gasteiger partial charge < -0.3 is 5.32 Å². The van der Waals surface area contributed by atoms with Gasteiger partial charge in [-0.05, 0) is 75.1 Å². The largest absolute Gasteiger partial charge is 0.324 e. The van der Waals surface area contributed by atoms with Crippen LogP contribution in [0.15, 0.2) is 18.2 Å². The van der Waals surface area contributed by atoms with Crippen LogP contribution in [0.4, 0.5) is 5.69 Å². The first-order valence-electron chi connectivity index (χ1n) is 9.13. The number of rotatable bonds is 3. The normalized spacial score (nSPS) is 31.4. The number of amides is 3. The van der Waals surface area contributed by atoms with Gasteiger partial charge in [-0.1, -0.05) is 6.07 Å². The number of imide groups is 1. The van der Waals surface area contributed by atoms with Gasteiger partial charge in [0, 0.05) is 5.69 Å². The first-order chi connectivity index (χ1) is 11.9. The summed E-state index contributed by atoms with van der Waals surface area (Å²) >= 11 is 0. The monoisotopic (exact) mass is 340 g/mol. The predicted molar refractivity (Wildman–Crippen MR) is 93.7 cm³/mol. The number of anilines is 1. The van der Waals surface area contributed by atoms with E-state index in [0.29, 0.717) is 17.5 Å². The summed E-state index contributed by atoms with van der Waals surface area (Å²) in [7, 11) is 0. The van der Waals surface area contributed by atoms with E-state index in [9.17, 15) is 14.4 Å². The van der Waals surface area contributed by atoms with Crippen molar-refractivity contribution in [2.24, 2.45) is 23.7 Å². The number of carbonyl (C=O) groups excluding carboxylic acids is 3. The van der Waals surface area contributed by atoms with Crippen LogP contribution in [0.25, 0.3) is 0 Å². The fourth-order valence-electron chi connectivity index (χ4n) is 5.00. The van der Waals surface area contributed by atoms with Crippen molar-refractivity contribution in [3.8, 4) is 0 Å². The Morgan fingerprint density at radius 2 is 1.68 bits per heavy atom. The third kappa shape index (κ3) is 2.40. The third-order valence-corrected chi connectivity index (χ3v) is 6.50. The minimum absolute atomic E-state index is 0.134. The zero-order chi connectivity index (χ0) is 17.9. The van der Waals surface area contributed by atoms with Gasteiger partial charge >= 0.3 is 0 Å². The molecule has 1 N–H and O–H groups in total. The quantitative estimate of drug-likeness (QED) is 0.860. The first-order valence-corrected chi connectivity index (χ1v) is 9.13. The van der Waals surface area contributed by atoms with Gasteiger partial charge in [-0.3, -0.25) is 19.3 Å². The zero-order valence-corrected chi connectivity index (χ0v) is 14.9. The highest BCUT2D eigenvalue weighted by molar-refractivity contribution is 6.10. The summed E-state index contributed by atoms with van der Waals surface area (Å²) < 4.78 is 0. The molecule has 0 aromatic heterocycles. The average molecular weight is 340 g/mol. The van der Waals surface area contributed by atoms with Gasteiger partial charge in [0.1, 0.15) is 6.04 Å². The van der Waals surface area contributed by atoms with E-state index >= 15 is 0 Å². The number of fused-ring (bicyclic) bond motifs is 5. The van der Waals surface area contributed by atoms with Gasteiger partial charge in [-0.2, -0.15) is 0 Å². The molecule has 2 bridgehead atoms. The Balaban J connectivity index is 1.51. The average Bonchev–Trinajstić information content (AvgIpc) is 3.24. The molecule has 3 fully saturated rings. The van der Waals surface area contributed by atoms with Crippen molar-refractivity contribution < 1.29 is 14.4 Å². The molecule has 1 saturated heterocycles. The molecule has 1 heterocycles. The van der Waals surface area contributed by atoms with Crippen molar-refractivity contribution in [1.29, 1.82) is 0 Å². The first kappa shape index (κ1) is 16.3. The molecule has 4 rings (SSSR count). The van der Waals surface area contributed by atoms with Crippen LogP contribution in [0.2, 0.25) is 0 Å². The van der Waals surface area contributed by atoms with Crippen LogP contribution >= 0.6 is 0 Å². The minimum Gasteiger partial charge on any atom is -0.324 e. The molecule has 1 aromatic rings. The molecule has 3 aliphatic rings. The topological polar surface area (TPSA) is 66.5 Å². The van der Waals surface area contributed by atoms with Crippen LogP contribution in [0, 0.1) is 37.5 Å². The van der Waals surface area contributed by atoms with Gasteiger partial charge in [0.15, 0.2) is 0 Å². The minimum atomic E-state index is -0.772. The van der Waals surface area contributed by atoms with E-state index in [1.54, 1.807) is 6.92 Å². The number of aryl methyl sites for hydroxylation is 2. The summed E-state index contributed by atoms with van der Waals surface area (Å²) in [6.07, 6.45) is 3.09. The Morgan fingerprint density at radius 1 is 1.08 bits per heavy atom. The van der Waals surface area contributed by atoms with Crippen LogP contribution in [0.5, 0.6) is 0 Å². The number of nitrogens with one attached hydrogen (secondary N) is 1. The predicted octanol–water partition coefficient (Wildman–Crippen LogP) is 2.66. The lowest BCUT2D eigenvalue weighted by Gasteiger charge is -2.24. The number of likely N-dealkylation sites (tertiary alicyclic amines) is 1. The Labute approximate surface area is 147 Å². The van der Waals surface area contributed by atoms with E-state index < -0.39 is 6.04 Å². The summed E-state index contributed by atoms with van der Waals surface area (Å²) in [6.45, 7) is 5.65. The van der Waals surface area contributed by atoms with Crippen LogP contribution in [0.3, 0.4) is 0 Å². The lowest BCUT2D eigenvalue weighted by Crippen LogP contribution is -2.46. The van der Waals surface area contributed by atoms with Crippen LogP contribution in [0.1, 0.15) is 37.3 Å². The van der Waals surface area contributed by atoms with Crippen molar-refractivity contribution in [2.45, 2.75) is 46.1 Å².